The van der Waals surface area contributed by atoms with E-state index in [2.05, 4.69) is 5.32 Å². The molecule has 0 aromatic heterocycles. The van der Waals surface area contributed by atoms with Gasteiger partial charge in [0, 0.05) is 12.6 Å². The Kier molecular flexibility index (Phi) is 4.64. The second-order valence-electron chi connectivity index (χ2n) is 3.94. The van der Waals surface area contributed by atoms with E-state index in [1.807, 2.05) is 4.72 Å². The Balaban J connectivity index is 3.28. The van der Waals surface area contributed by atoms with Crippen molar-refractivity contribution < 1.29 is 26.4 Å². The summed E-state index contributed by atoms with van der Waals surface area (Å²) in [6, 6.07) is 2.82. The molecule has 0 aliphatic carbocycles. The van der Waals surface area contributed by atoms with Crippen molar-refractivity contribution in [1.29, 1.82) is 0 Å². The van der Waals surface area contributed by atoms with Gasteiger partial charge < -0.3 is 5.32 Å². The van der Waals surface area contributed by atoms with Crippen LogP contribution >= 0.6 is 0 Å². The molecule has 0 atom stereocenters. The maximum absolute atomic E-state index is 12.9. The first kappa shape index (κ1) is 16.3. The van der Waals surface area contributed by atoms with Crippen LogP contribution in [0, 0.1) is 0 Å². The fourth-order valence-electron chi connectivity index (χ4n) is 1.39. The van der Waals surface area contributed by atoms with E-state index < -0.39 is 33.4 Å². The minimum atomic E-state index is -4.75. The monoisotopic (exact) mass is 310 g/mol. The highest BCUT2D eigenvalue weighted by Gasteiger charge is 2.34. The molecule has 5 nitrogen and oxygen atoms in total. The number of carbonyl (C=O) groups excluding carboxylic acids is 1. The molecule has 1 aromatic carbocycles. The van der Waals surface area contributed by atoms with Crippen LogP contribution in [0.5, 0.6) is 0 Å². The zero-order valence-electron chi connectivity index (χ0n) is 10.7. The first-order valence-electron chi connectivity index (χ1n) is 5.54. The summed E-state index contributed by atoms with van der Waals surface area (Å²) in [4.78, 5) is 10.8. The summed E-state index contributed by atoms with van der Waals surface area (Å²) in [7, 11) is -3.83. The second kappa shape index (κ2) is 5.70. The van der Waals surface area contributed by atoms with Gasteiger partial charge in [-0.05, 0) is 25.1 Å². The summed E-state index contributed by atoms with van der Waals surface area (Å²) in [6.07, 6.45) is -4.75. The first-order chi connectivity index (χ1) is 9.05. The van der Waals surface area contributed by atoms with Crippen molar-refractivity contribution in [3.63, 3.8) is 0 Å². The molecule has 0 radical (unpaired) electrons. The van der Waals surface area contributed by atoms with Crippen molar-refractivity contribution in [2.45, 2.75) is 20.0 Å². The van der Waals surface area contributed by atoms with Gasteiger partial charge in [-0.15, -0.1) is 0 Å². The van der Waals surface area contributed by atoms with Crippen LogP contribution in [-0.4, -0.2) is 20.1 Å². The van der Waals surface area contributed by atoms with Crippen molar-refractivity contribution in [2.24, 2.45) is 0 Å². The number of benzene rings is 1. The van der Waals surface area contributed by atoms with E-state index in [0.29, 0.717) is 6.07 Å². The summed E-state index contributed by atoms with van der Waals surface area (Å²) in [6.45, 7) is 2.46. The summed E-state index contributed by atoms with van der Waals surface area (Å²) in [5.41, 5.74) is -1.81. The molecule has 1 amide bonds. The number of sulfonamides is 1. The minimum Gasteiger partial charge on any atom is -0.326 e. The van der Waals surface area contributed by atoms with Gasteiger partial charge in [-0.1, -0.05) is 0 Å². The number of nitrogens with one attached hydrogen (secondary N) is 2. The third-order valence-corrected chi connectivity index (χ3v) is 3.58. The molecule has 0 saturated carbocycles. The lowest BCUT2D eigenvalue weighted by molar-refractivity contribution is -0.136. The lowest BCUT2D eigenvalue weighted by atomic mass is 10.1. The van der Waals surface area contributed by atoms with Crippen LogP contribution in [0.1, 0.15) is 19.4 Å². The van der Waals surface area contributed by atoms with Gasteiger partial charge in [-0.2, -0.15) is 13.2 Å². The van der Waals surface area contributed by atoms with Crippen LogP contribution in [0.3, 0.4) is 0 Å². The van der Waals surface area contributed by atoms with Crippen molar-refractivity contribution in [2.75, 3.05) is 15.8 Å². The van der Waals surface area contributed by atoms with Crippen LogP contribution in [0.15, 0.2) is 18.2 Å². The number of alkyl halides is 3. The number of anilines is 2. The molecule has 0 spiro atoms. The predicted molar refractivity (Wildman–Crippen MR) is 68.8 cm³/mol. The first-order valence-corrected chi connectivity index (χ1v) is 7.19. The number of hydrogen-bond donors (Lipinski definition) is 2. The molecular formula is C11H13F3N2O3S. The quantitative estimate of drug-likeness (QED) is 0.897. The van der Waals surface area contributed by atoms with Crippen molar-refractivity contribution >= 4 is 27.3 Å². The Hall–Kier alpha value is -1.77. The van der Waals surface area contributed by atoms with Crippen LogP contribution in [0.4, 0.5) is 24.5 Å². The van der Waals surface area contributed by atoms with Crippen molar-refractivity contribution in [3.05, 3.63) is 23.8 Å². The predicted octanol–water partition coefficient (Wildman–Crippen LogP) is 2.43. The molecular weight excluding hydrogens is 297 g/mol. The smallest absolute Gasteiger partial charge is 0.326 e. The van der Waals surface area contributed by atoms with E-state index >= 15 is 0 Å². The summed E-state index contributed by atoms with van der Waals surface area (Å²) >= 11 is 0. The van der Waals surface area contributed by atoms with E-state index in [0.717, 1.165) is 13.0 Å². The second-order valence-corrected chi connectivity index (χ2v) is 5.96. The van der Waals surface area contributed by atoms with Gasteiger partial charge in [0.1, 0.15) is 0 Å². The highest BCUT2D eigenvalue weighted by atomic mass is 32.2. The average molecular weight is 310 g/mol. The van der Waals surface area contributed by atoms with Gasteiger partial charge in [-0.25, -0.2) is 8.42 Å². The fourth-order valence-corrected chi connectivity index (χ4v) is 2.05. The van der Waals surface area contributed by atoms with Gasteiger partial charge in [0.05, 0.1) is 17.0 Å². The van der Waals surface area contributed by atoms with E-state index in [1.54, 1.807) is 0 Å². The number of carbonyl (C=O) groups is 1. The van der Waals surface area contributed by atoms with Crippen LogP contribution in [0.25, 0.3) is 0 Å². The molecule has 0 unspecified atom stereocenters. The Morgan fingerprint density at radius 3 is 2.35 bits per heavy atom. The van der Waals surface area contributed by atoms with Crippen molar-refractivity contribution in [1.82, 2.24) is 0 Å². The Morgan fingerprint density at radius 1 is 1.30 bits per heavy atom. The summed E-state index contributed by atoms with van der Waals surface area (Å²) in [5, 5.41) is 2.21. The van der Waals surface area contributed by atoms with E-state index in [4.69, 9.17) is 0 Å². The Morgan fingerprint density at radius 2 is 1.90 bits per heavy atom. The van der Waals surface area contributed by atoms with Gasteiger partial charge >= 0.3 is 6.18 Å². The molecule has 2 N–H and O–H groups in total. The normalized spacial score (nSPS) is 12.1. The zero-order chi connectivity index (χ0) is 15.6. The molecule has 0 saturated heterocycles. The highest BCUT2D eigenvalue weighted by Crippen LogP contribution is 2.37. The molecule has 0 heterocycles. The van der Waals surface area contributed by atoms with Gasteiger partial charge in [0.25, 0.3) is 0 Å². The standard InChI is InChI=1S/C11H13F3N2O3S/c1-3-20(18,19)16-10-5-4-8(15-7(2)17)6-9(10)11(12,13)14/h4-6,16H,3H2,1-2H3,(H,15,17). The van der Waals surface area contributed by atoms with Crippen LogP contribution < -0.4 is 10.0 Å². The lowest BCUT2D eigenvalue weighted by Gasteiger charge is -2.15. The molecule has 1 rings (SSSR count). The maximum atomic E-state index is 12.9. The molecule has 1 aromatic rings. The highest BCUT2D eigenvalue weighted by molar-refractivity contribution is 7.92. The number of amides is 1. The molecule has 9 heteroatoms. The van der Waals surface area contributed by atoms with Gasteiger partial charge in [0.15, 0.2) is 0 Å². The van der Waals surface area contributed by atoms with Gasteiger partial charge in [0.2, 0.25) is 15.9 Å². The third kappa shape index (κ3) is 4.41. The van der Waals surface area contributed by atoms with Gasteiger partial charge in [-0.3, -0.25) is 9.52 Å². The topological polar surface area (TPSA) is 75.3 Å². The van der Waals surface area contributed by atoms with E-state index in [9.17, 15) is 26.4 Å². The zero-order valence-corrected chi connectivity index (χ0v) is 11.5. The number of hydrogen-bond acceptors (Lipinski definition) is 3. The molecule has 0 aliphatic rings. The van der Waals surface area contributed by atoms with E-state index in [1.165, 1.54) is 13.0 Å². The minimum absolute atomic E-state index is 0.0655. The molecule has 0 aliphatic heterocycles. The largest absolute Gasteiger partial charge is 0.418 e. The van der Waals surface area contributed by atoms with Crippen LogP contribution in [-0.2, 0) is 21.0 Å². The maximum Gasteiger partial charge on any atom is 0.418 e. The van der Waals surface area contributed by atoms with Crippen LogP contribution in [0.2, 0.25) is 0 Å². The van der Waals surface area contributed by atoms with Crippen molar-refractivity contribution in [3.8, 4) is 0 Å². The summed E-state index contributed by atoms with van der Waals surface area (Å²) < 4.78 is 63.3. The molecule has 0 bridgehead atoms. The molecule has 112 valence electrons. The Bertz CT molecular complexity index is 612. The summed E-state index contributed by atoms with van der Waals surface area (Å²) in [5.74, 6) is -0.877. The fraction of sp³-hybridized carbons (Fsp3) is 0.364. The molecule has 0 fully saturated rings. The lowest BCUT2D eigenvalue weighted by Crippen LogP contribution is -2.19. The SMILES string of the molecule is CCS(=O)(=O)Nc1ccc(NC(C)=O)cc1C(F)(F)F. The number of halogens is 3. The average Bonchev–Trinajstić information content (AvgIpc) is 2.29. The number of rotatable bonds is 4. The Labute approximate surface area is 114 Å². The third-order valence-electron chi connectivity index (χ3n) is 2.29. The molecule has 20 heavy (non-hydrogen) atoms. The van der Waals surface area contributed by atoms with E-state index in [-0.39, 0.29) is 11.4 Å².